The van der Waals surface area contributed by atoms with Crippen LogP contribution < -0.4 is 4.72 Å². The Morgan fingerprint density at radius 3 is 2.74 bits per heavy atom. The summed E-state index contributed by atoms with van der Waals surface area (Å²) in [7, 11) is -3.49. The highest BCUT2D eigenvalue weighted by Crippen LogP contribution is 2.12. The van der Waals surface area contributed by atoms with Gasteiger partial charge in [-0.25, -0.2) is 13.1 Å². The molecule has 102 valence electrons. The molecule has 1 aromatic heterocycles. The molecule has 0 aliphatic heterocycles. The molecule has 0 spiro atoms. The first-order chi connectivity index (χ1) is 8.99. The molecule has 1 heterocycles. The van der Waals surface area contributed by atoms with E-state index >= 15 is 0 Å². The van der Waals surface area contributed by atoms with Crippen LogP contribution in [0.4, 0.5) is 0 Å². The second-order valence-electron chi connectivity index (χ2n) is 4.59. The van der Waals surface area contributed by atoms with Crippen molar-refractivity contribution in [2.45, 2.75) is 31.2 Å². The van der Waals surface area contributed by atoms with E-state index in [0.717, 1.165) is 11.1 Å². The van der Waals surface area contributed by atoms with Crippen LogP contribution in [-0.2, 0) is 16.4 Å². The van der Waals surface area contributed by atoms with Crippen molar-refractivity contribution >= 4 is 10.0 Å². The van der Waals surface area contributed by atoms with Crippen LogP contribution in [0, 0.1) is 6.92 Å². The number of aryl methyl sites for hydroxylation is 1. The lowest BCUT2D eigenvalue weighted by atomic mass is 10.0. The van der Waals surface area contributed by atoms with Gasteiger partial charge in [0.05, 0.1) is 6.20 Å². The molecule has 1 atom stereocenters. The third kappa shape index (κ3) is 3.42. The average molecular weight is 279 g/mol. The van der Waals surface area contributed by atoms with Gasteiger partial charge >= 0.3 is 0 Å². The third-order valence-electron chi connectivity index (χ3n) is 2.93. The van der Waals surface area contributed by atoms with Gasteiger partial charge in [-0.05, 0) is 31.4 Å². The smallest absolute Gasteiger partial charge is 0.243 e. The molecule has 0 bridgehead atoms. The molecule has 0 fully saturated rings. The van der Waals surface area contributed by atoms with E-state index in [1.54, 1.807) is 0 Å². The van der Waals surface area contributed by atoms with Gasteiger partial charge < -0.3 is 0 Å². The number of benzene rings is 1. The number of nitrogens with zero attached hydrogens (tertiary/aromatic N) is 1. The predicted molar refractivity (Wildman–Crippen MR) is 73.3 cm³/mol. The van der Waals surface area contributed by atoms with Crippen LogP contribution in [-0.4, -0.2) is 24.7 Å². The molecule has 0 saturated carbocycles. The van der Waals surface area contributed by atoms with E-state index in [-0.39, 0.29) is 10.9 Å². The van der Waals surface area contributed by atoms with E-state index in [1.165, 1.54) is 12.4 Å². The number of aromatic amines is 1. The summed E-state index contributed by atoms with van der Waals surface area (Å²) < 4.78 is 26.7. The highest BCUT2D eigenvalue weighted by molar-refractivity contribution is 7.89. The summed E-state index contributed by atoms with van der Waals surface area (Å²) in [6.07, 6.45) is 3.31. The topological polar surface area (TPSA) is 74.8 Å². The monoisotopic (exact) mass is 279 g/mol. The van der Waals surface area contributed by atoms with Gasteiger partial charge in [0.1, 0.15) is 4.90 Å². The number of hydrogen-bond donors (Lipinski definition) is 2. The SMILES string of the molecule is Cc1ccccc1CC(C)NS(=O)(=O)c1cn[nH]c1. The normalized spacial score (nSPS) is 13.4. The second-order valence-corrected chi connectivity index (χ2v) is 6.30. The van der Waals surface area contributed by atoms with Crippen molar-refractivity contribution in [1.82, 2.24) is 14.9 Å². The Morgan fingerprint density at radius 2 is 2.11 bits per heavy atom. The van der Waals surface area contributed by atoms with Gasteiger partial charge in [0.2, 0.25) is 10.0 Å². The molecule has 0 saturated heterocycles. The highest BCUT2D eigenvalue weighted by atomic mass is 32.2. The molecular weight excluding hydrogens is 262 g/mol. The maximum Gasteiger partial charge on any atom is 0.243 e. The first kappa shape index (κ1) is 13.8. The molecule has 0 aliphatic carbocycles. The van der Waals surface area contributed by atoms with Gasteiger partial charge in [0, 0.05) is 12.2 Å². The summed E-state index contributed by atoms with van der Waals surface area (Å²) in [4.78, 5) is 0.157. The van der Waals surface area contributed by atoms with Crippen molar-refractivity contribution in [3.8, 4) is 0 Å². The molecule has 2 N–H and O–H groups in total. The number of aromatic nitrogens is 2. The lowest BCUT2D eigenvalue weighted by Crippen LogP contribution is -2.34. The molecule has 1 aromatic carbocycles. The number of H-pyrrole nitrogens is 1. The lowest BCUT2D eigenvalue weighted by molar-refractivity contribution is 0.559. The van der Waals surface area contributed by atoms with Crippen molar-refractivity contribution in [2.75, 3.05) is 0 Å². The van der Waals surface area contributed by atoms with Gasteiger partial charge in [-0.1, -0.05) is 24.3 Å². The minimum Gasteiger partial charge on any atom is -0.284 e. The quantitative estimate of drug-likeness (QED) is 0.873. The van der Waals surface area contributed by atoms with Gasteiger partial charge in [-0.3, -0.25) is 5.10 Å². The van der Waals surface area contributed by atoms with E-state index in [2.05, 4.69) is 14.9 Å². The first-order valence-corrected chi connectivity index (χ1v) is 7.53. The molecule has 0 radical (unpaired) electrons. The molecule has 5 nitrogen and oxygen atoms in total. The summed E-state index contributed by atoms with van der Waals surface area (Å²) in [5.41, 5.74) is 2.31. The van der Waals surface area contributed by atoms with Crippen LogP contribution in [0.15, 0.2) is 41.6 Å². The standard InChI is InChI=1S/C13H17N3O2S/c1-10-5-3-4-6-12(10)7-11(2)16-19(17,18)13-8-14-15-9-13/h3-6,8-9,11,16H,7H2,1-2H3,(H,14,15). The van der Waals surface area contributed by atoms with Crippen LogP contribution in [0.3, 0.4) is 0 Å². The number of sulfonamides is 1. The van der Waals surface area contributed by atoms with E-state index in [9.17, 15) is 8.42 Å². The van der Waals surface area contributed by atoms with Gasteiger partial charge in [0.15, 0.2) is 0 Å². The Balaban J connectivity index is 2.06. The molecule has 0 aliphatic rings. The minimum atomic E-state index is -3.49. The molecular formula is C13H17N3O2S. The van der Waals surface area contributed by atoms with Crippen molar-refractivity contribution in [1.29, 1.82) is 0 Å². The van der Waals surface area contributed by atoms with Gasteiger partial charge in [-0.15, -0.1) is 0 Å². The number of rotatable bonds is 5. The fraction of sp³-hybridized carbons (Fsp3) is 0.308. The van der Waals surface area contributed by atoms with Gasteiger partial charge in [-0.2, -0.15) is 5.10 Å². The molecule has 0 amide bonds. The fourth-order valence-electron chi connectivity index (χ4n) is 1.93. The van der Waals surface area contributed by atoms with Crippen LogP contribution in [0.2, 0.25) is 0 Å². The van der Waals surface area contributed by atoms with Crippen LogP contribution in [0.1, 0.15) is 18.1 Å². The van der Waals surface area contributed by atoms with Crippen LogP contribution >= 0.6 is 0 Å². The molecule has 2 rings (SSSR count). The lowest BCUT2D eigenvalue weighted by Gasteiger charge is -2.14. The van der Waals surface area contributed by atoms with Crippen LogP contribution in [0.25, 0.3) is 0 Å². The summed E-state index contributed by atoms with van der Waals surface area (Å²) in [6.45, 7) is 3.87. The maximum absolute atomic E-state index is 12.0. The molecule has 6 heteroatoms. The van der Waals surface area contributed by atoms with Crippen molar-refractivity contribution in [3.05, 3.63) is 47.8 Å². The highest BCUT2D eigenvalue weighted by Gasteiger charge is 2.18. The zero-order valence-electron chi connectivity index (χ0n) is 10.9. The Bertz CT molecular complexity index is 636. The fourth-order valence-corrected chi connectivity index (χ4v) is 3.08. The largest absolute Gasteiger partial charge is 0.284 e. The molecule has 19 heavy (non-hydrogen) atoms. The Morgan fingerprint density at radius 1 is 1.37 bits per heavy atom. The minimum absolute atomic E-state index is 0.157. The Hall–Kier alpha value is -1.66. The van der Waals surface area contributed by atoms with Crippen molar-refractivity contribution in [3.63, 3.8) is 0 Å². The van der Waals surface area contributed by atoms with E-state index in [4.69, 9.17) is 0 Å². The van der Waals surface area contributed by atoms with E-state index in [1.807, 2.05) is 38.1 Å². The van der Waals surface area contributed by atoms with Crippen LogP contribution in [0.5, 0.6) is 0 Å². The van der Waals surface area contributed by atoms with E-state index < -0.39 is 10.0 Å². The predicted octanol–water partition coefficient (Wildman–Crippen LogP) is 1.63. The molecule has 1 unspecified atom stereocenters. The van der Waals surface area contributed by atoms with Gasteiger partial charge in [0.25, 0.3) is 0 Å². The zero-order chi connectivity index (χ0) is 13.9. The summed E-state index contributed by atoms with van der Waals surface area (Å²) in [5, 5.41) is 6.15. The third-order valence-corrected chi connectivity index (χ3v) is 4.48. The Kier molecular flexibility index (Phi) is 4.01. The first-order valence-electron chi connectivity index (χ1n) is 6.04. The van der Waals surface area contributed by atoms with Crippen molar-refractivity contribution < 1.29 is 8.42 Å². The van der Waals surface area contributed by atoms with Crippen molar-refractivity contribution in [2.24, 2.45) is 0 Å². The molecule has 2 aromatic rings. The number of hydrogen-bond acceptors (Lipinski definition) is 3. The summed E-state index contributed by atoms with van der Waals surface area (Å²) in [5.74, 6) is 0. The second kappa shape index (κ2) is 5.54. The average Bonchev–Trinajstić information content (AvgIpc) is 2.85. The van der Waals surface area contributed by atoms with E-state index in [0.29, 0.717) is 6.42 Å². The Labute approximate surface area is 113 Å². The summed E-state index contributed by atoms with van der Waals surface area (Å²) >= 11 is 0. The maximum atomic E-state index is 12.0. The zero-order valence-corrected chi connectivity index (χ0v) is 11.7. The summed E-state index contributed by atoms with van der Waals surface area (Å²) in [6, 6.07) is 7.78. The number of nitrogens with one attached hydrogen (secondary N) is 2.